The molecule has 24 heavy (non-hydrogen) atoms. The molecule has 1 saturated heterocycles. The van der Waals surface area contributed by atoms with Gasteiger partial charge in [0.25, 0.3) is 0 Å². The molecule has 1 aromatic rings. The van der Waals surface area contributed by atoms with E-state index >= 15 is 0 Å². The fraction of sp³-hybridized carbons (Fsp3) is 0.722. The highest BCUT2D eigenvalue weighted by Crippen LogP contribution is 2.21. The highest BCUT2D eigenvalue weighted by Gasteiger charge is 2.25. The summed E-state index contributed by atoms with van der Waals surface area (Å²) in [5.41, 5.74) is 1.23. The monoisotopic (exact) mass is 334 g/mol. The molecule has 0 bridgehead atoms. The van der Waals surface area contributed by atoms with Crippen molar-refractivity contribution in [2.75, 3.05) is 32.8 Å². The first-order chi connectivity index (χ1) is 11.7. The summed E-state index contributed by atoms with van der Waals surface area (Å²) in [6, 6.07) is 4.70. The molecule has 1 atom stereocenters. The van der Waals surface area contributed by atoms with Crippen LogP contribution in [0.3, 0.4) is 0 Å². The lowest BCUT2D eigenvalue weighted by molar-refractivity contribution is 0.0153. The summed E-state index contributed by atoms with van der Waals surface area (Å²) in [5.74, 6) is 0. The first-order valence-electron chi connectivity index (χ1n) is 9.21. The van der Waals surface area contributed by atoms with E-state index in [1.165, 1.54) is 25.0 Å². The topological polar surface area (TPSA) is 58.5 Å². The Hall–Kier alpha value is -1.53. The van der Waals surface area contributed by atoms with Crippen LogP contribution in [-0.2, 0) is 11.8 Å². The largest absolute Gasteiger partial charge is 0.379 e. The Labute approximate surface area is 144 Å². The summed E-state index contributed by atoms with van der Waals surface area (Å²) in [6.45, 7) is 3.95. The fourth-order valence-electron chi connectivity index (χ4n) is 3.80. The molecule has 0 spiro atoms. The van der Waals surface area contributed by atoms with E-state index in [0.29, 0.717) is 12.6 Å². The molecular formula is C18H30N4O2. The van der Waals surface area contributed by atoms with Crippen LogP contribution in [0, 0.1) is 0 Å². The van der Waals surface area contributed by atoms with Crippen molar-refractivity contribution in [1.29, 1.82) is 0 Å². The van der Waals surface area contributed by atoms with Gasteiger partial charge in [-0.05, 0) is 25.0 Å². The van der Waals surface area contributed by atoms with Gasteiger partial charge in [-0.15, -0.1) is 0 Å². The second-order valence-corrected chi connectivity index (χ2v) is 6.90. The van der Waals surface area contributed by atoms with Crippen LogP contribution < -0.4 is 10.6 Å². The number of nitrogens with one attached hydrogen (secondary N) is 2. The van der Waals surface area contributed by atoms with Crippen molar-refractivity contribution in [2.24, 2.45) is 7.05 Å². The first-order valence-corrected chi connectivity index (χ1v) is 9.21. The third kappa shape index (κ3) is 4.51. The van der Waals surface area contributed by atoms with Crippen molar-refractivity contribution in [3.8, 4) is 0 Å². The molecule has 2 heterocycles. The molecule has 2 amide bonds. The van der Waals surface area contributed by atoms with Gasteiger partial charge in [0.05, 0.1) is 19.3 Å². The molecule has 6 nitrogen and oxygen atoms in total. The zero-order chi connectivity index (χ0) is 16.8. The van der Waals surface area contributed by atoms with Gasteiger partial charge in [0.2, 0.25) is 0 Å². The second kappa shape index (κ2) is 8.53. The molecule has 1 aromatic heterocycles. The Kier molecular flexibility index (Phi) is 6.15. The van der Waals surface area contributed by atoms with Gasteiger partial charge in [0.1, 0.15) is 0 Å². The molecule has 6 heteroatoms. The van der Waals surface area contributed by atoms with Crippen LogP contribution in [0.25, 0.3) is 0 Å². The summed E-state index contributed by atoms with van der Waals surface area (Å²) >= 11 is 0. The van der Waals surface area contributed by atoms with Crippen LogP contribution in [0.2, 0.25) is 0 Å². The minimum atomic E-state index is -0.0330. The van der Waals surface area contributed by atoms with Crippen molar-refractivity contribution in [3.05, 3.63) is 24.0 Å². The summed E-state index contributed by atoms with van der Waals surface area (Å²) < 4.78 is 7.62. The summed E-state index contributed by atoms with van der Waals surface area (Å²) in [5, 5.41) is 6.23. The van der Waals surface area contributed by atoms with E-state index in [4.69, 9.17) is 4.74 Å². The van der Waals surface area contributed by atoms with Crippen molar-refractivity contribution in [2.45, 2.75) is 44.2 Å². The van der Waals surface area contributed by atoms with E-state index in [2.05, 4.69) is 45.5 Å². The molecule has 1 saturated carbocycles. The average molecular weight is 334 g/mol. The van der Waals surface area contributed by atoms with Gasteiger partial charge in [0.15, 0.2) is 0 Å². The molecule has 3 rings (SSSR count). The highest BCUT2D eigenvalue weighted by atomic mass is 16.5. The molecule has 2 fully saturated rings. The number of hydrogen-bond acceptors (Lipinski definition) is 3. The summed E-state index contributed by atoms with van der Waals surface area (Å²) in [7, 11) is 2.06. The number of aryl methyl sites for hydroxylation is 1. The molecule has 2 N–H and O–H groups in total. The SMILES string of the molecule is Cn1cccc1[C@@H](CNC(=O)NC1CCCCC1)N1CCOCC1. The Balaban J connectivity index is 1.57. The Morgan fingerprint density at radius 2 is 2.04 bits per heavy atom. The number of carbonyl (C=O) groups excluding carboxylic acids is 1. The smallest absolute Gasteiger partial charge is 0.315 e. The lowest BCUT2D eigenvalue weighted by Crippen LogP contribution is -2.48. The number of urea groups is 1. The number of aromatic nitrogens is 1. The molecule has 0 unspecified atom stereocenters. The molecule has 0 aromatic carbocycles. The third-order valence-corrected chi connectivity index (χ3v) is 5.21. The van der Waals surface area contributed by atoms with Gasteiger partial charge < -0.3 is 19.9 Å². The summed E-state index contributed by atoms with van der Waals surface area (Å²) in [6.07, 6.45) is 8.03. The standard InChI is InChI=1S/C18H30N4O2/c1-21-9-5-8-16(21)17(22-10-12-24-13-11-22)14-19-18(23)20-15-6-3-2-4-7-15/h5,8-9,15,17H,2-4,6-7,10-14H2,1H3,(H2,19,20,23)/t17-/m1/s1. The number of amides is 2. The lowest BCUT2D eigenvalue weighted by Gasteiger charge is -2.35. The van der Waals surface area contributed by atoms with Gasteiger partial charge in [-0.3, -0.25) is 4.90 Å². The van der Waals surface area contributed by atoms with Gasteiger partial charge in [-0.1, -0.05) is 19.3 Å². The van der Waals surface area contributed by atoms with E-state index in [1.54, 1.807) is 0 Å². The van der Waals surface area contributed by atoms with E-state index in [-0.39, 0.29) is 12.1 Å². The third-order valence-electron chi connectivity index (χ3n) is 5.21. The van der Waals surface area contributed by atoms with E-state index in [1.807, 2.05) is 0 Å². The van der Waals surface area contributed by atoms with Crippen molar-refractivity contribution in [3.63, 3.8) is 0 Å². The van der Waals surface area contributed by atoms with Gasteiger partial charge in [-0.2, -0.15) is 0 Å². The van der Waals surface area contributed by atoms with E-state index < -0.39 is 0 Å². The number of morpholine rings is 1. The van der Waals surface area contributed by atoms with Crippen LogP contribution in [0.5, 0.6) is 0 Å². The van der Waals surface area contributed by atoms with Crippen LogP contribution in [0.4, 0.5) is 4.79 Å². The zero-order valence-corrected chi connectivity index (χ0v) is 14.7. The zero-order valence-electron chi connectivity index (χ0n) is 14.7. The van der Waals surface area contributed by atoms with Crippen LogP contribution in [0.15, 0.2) is 18.3 Å². The maximum absolute atomic E-state index is 12.3. The van der Waals surface area contributed by atoms with Gasteiger partial charge in [0, 0.05) is 44.6 Å². The Morgan fingerprint density at radius 3 is 2.71 bits per heavy atom. The Bertz CT molecular complexity index is 519. The number of hydrogen-bond donors (Lipinski definition) is 2. The molecule has 134 valence electrons. The maximum Gasteiger partial charge on any atom is 0.315 e. The van der Waals surface area contributed by atoms with Crippen LogP contribution in [0.1, 0.15) is 43.8 Å². The van der Waals surface area contributed by atoms with Crippen molar-refractivity contribution >= 4 is 6.03 Å². The minimum Gasteiger partial charge on any atom is -0.379 e. The molecule has 0 radical (unpaired) electrons. The summed E-state index contributed by atoms with van der Waals surface area (Å²) in [4.78, 5) is 14.7. The van der Waals surface area contributed by atoms with Crippen molar-refractivity contribution < 1.29 is 9.53 Å². The lowest BCUT2D eigenvalue weighted by atomic mass is 9.96. The van der Waals surface area contributed by atoms with E-state index in [9.17, 15) is 4.79 Å². The Morgan fingerprint density at radius 1 is 1.29 bits per heavy atom. The van der Waals surface area contributed by atoms with Crippen molar-refractivity contribution in [1.82, 2.24) is 20.1 Å². The van der Waals surface area contributed by atoms with Gasteiger partial charge in [-0.25, -0.2) is 4.79 Å². The van der Waals surface area contributed by atoms with Gasteiger partial charge >= 0.3 is 6.03 Å². The predicted molar refractivity (Wildman–Crippen MR) is 94.0 cm³/mol. The predicted octanol–water partition coefficient (Wildman–Crippen LogP) is 2.03. The highest BCUT2D eigenvalue weighted by molar-refractivity contribution is 5.74. The normalized spacial score (nSPS) is 21.4. The molecular weight excluding hydrogens is 304 g/mol. The van der Waals surface area contributed by atoms with Crippen LogP contribution >= 0.6 is 0 Å². The average Bonchev–Trinajstić information content (AvgIpc) is 3.03. The maximum atomic E-state index is 12.3. The second-order valence-electron chi connectivity index (χ2n) is 6.90. The number of ether oxygens (including phenoxy) is 1. The number of rotatable bonds is 5. The van der Waals surface area contributed by atoms with Crippen LogP contribution in [-0.4, -0.2) is 54.4 Å². The number of nitrogens with zero attached hydrogens (tertiary/aromatic N) is 2. The quantitative estimate of drug-likeness (QED) is 0.866. The number of carbonyl (C=O) groups is 1. The van der Waals surface area contributed by atoms with E-state index in [0.717, 1.165) is 39.1 Å². The molecule has 1 aliphatic heterocycles. The molecule has 1 aliphatic carbocycles. The minimum absolute atomic E-state index is 0.0330. The fourth-order valence-corrected chi connectivity index (χ4v) is 3.80. The molecule has 2 aliphatic rings. The first kappa shape index (κ1) is 17.3.